The fourth-order valence-corrected chi connectivity index (χ4v) is 1.69. The molecule has 14 heavy (non-hydrogen) atoms. The summed E-state index contributed by atoms with van der Waals surface area (Å²) >= 11 is 0. The second-order valence-electron chi connectivity index (χ2n) is 5.40. The lowest BCUT2D eigenvalue weighted by Crippen LogP contribution is -2.06. The van der Waals surface area contributed by atoms with Crippen molar-refractivity contribution in [3.63, 3.8) is 0 Å². The maximum absolute atomic E-state index is 2.31. The molecule has 0 amide bonds. The van der Waals surface area contributed by atoms with Gasteiger partial charge in [-0.25, -0.2) is 0 Å². The molecular weight excluding hydrogens is 167 g/mol. The first kappa shape index (κ1) is 11.4. The van der Waals surface area contributed by atoms with Gasteiger partial charge in [0.25, 0.3) is 0 Å². The van der Waals surface area contributed by atoms with Crippen LogP contribution in [0.2, 0.25) is 0 Å². The summed E-state index contributed by atoms with van der Waals surface area (Å²) in [6.07, 6.45) is 3.83. The maximum atomic E-state index is 2.31. The average Bonchev–Trinajstić information content (AvgIpc) is 2.01. The first-order valence-corrected chi connectivity index (χ1v) is 5.53. The summed E-state index contributed by atoms with van der Waals surface area (Å²) in [4.78, 5) is 0. The van der Waals surface area contributed by atoms with Crippen molar-refractivity contribution in [2.75, 3.05) is 0 Å². The standard InChI is InChI=1S/C13H21B/c1-13(2,3)9-5-7-11-6-4-8-12(14)10-11/h4,6,8,10H,5,7,9,14H2,1-3H3. The highest BCUT2D eigenvalue weighted by molar-refractivity contribution is 6.32. The summed E-state index contributed by atoms with van der Waals surface area (Å²) in [6, 6.07) is 8.84. The van der Waals surface area contributed by atoms with E-state index in [0.717, 1.165) is 0 Å². The molecule has 0 aliphatic carbocycles. The summed E-state index contributed by atoms with van der Waals surface area (Å²) in [5, 5.41) is 0. The number of hydrogen-bond acceptors (Lipinski definition) is 0. The maximum Gasteiger partial charge on any atom is 0.139 e. The number of hydrogen-bond donors (Lipinski definition) is 0. The van der Waals surface area contributed by atoms with Crippen LogP contribution in [-0.2, 0) is 6.42 Å². The van der Waals surface area contributed by atoms with E-state index in [2.05, 4.69) is 52.9 Å². The smallest absolute Gasteiger partial charge is 0.0887 e. The van der Waals surface area contributed by atoms with Crippen molar-refractivity contribution in [2.45, 2.75) is 40.0 Å². The summed E-state index contributed by atoms with van der Waals surface area (Å²) in [7, 11) is 2.16. The van der Waals surface area contributed by atoms with Crippen LogP contribution in [0.5, 0.6) is 0 Å². The van der Waals surface area contributed by atoms with E-state index in [9.17, 15) is 0 Å². The topological polar surface area (TPSA) is 0 Å². The molecule has 0 unspecified atom stereocenters. The van der Waals surface area contributed by atoms with Gasteiger partial charge in [-0.2, -0.15) is 0 Å². The van der Waals surface area contributed by atoms with E-state index in [-0.39, 0.29) is 0 Å². The SMILES string of the molecule is Bc1cccc(CCCC(C)(C)C)c1. The van der Waals surface area contributed by atoms with Crippen LogP contribution < -0.4 is 5.46 Å². The van der Waals surface area contributed by atoms with Crippen LogP contribution in [-0.4, -0.2) is 7.85 Å². The average molecular weight is 188 g/mol. The number of aryl methyl sites for hydroxylation is 1. The minimum atomic E-state index is 0.476. The predicted molar refractivity (Wildman–Crippen MR) is 67.0 cm³/mol. The fourth-order valence-electron chi connectivity index (χ4n) is 1.69. The second-order valence-corrected chi connectivity index (χ2v) is 5.40. The lowest BCUT2D eigenvalue weighted by Gasteiger charge is -2.17. The Morgan fingerprint density at radius 2 is 1.93 bits per heavy atom. The molecule has 0 bridgehead atoms. The summed E-state index contributed by atoms with van der Waals surface area (Å²) < 4.78 is 0. The molecule has 0 heterocycles. The summed E-state index contributed by atoms with van der Waals surface area (Å²) in [5.74, 6) is 0. The highest BCUT2D eigenvalue weighted by atomic mass is 14.1. The fraction of sp³-hybridized carbons (Fsp3) is 0.538. The van der Waals surface area contributed by atoms with Crippen molar-refractivity contribution in [1.82, 2.24) is 0 Å². The molecule has 1 rings (SSSR count). The summed E-state index contributed by atoms with van der Waals surface area (Å²) in [5.41, 5.74) is 3.33. The lowest BCUT2D eigenvalue weighted by atomic mass is 9.88. The van der Waals surface area contributed by atoms with Crippen molar-refractivity contribution < 1.29 is 0 Å². The van der Waals surface area contributed by atoms with Crippen molar-refractivity contribution >= 4 is 13.3 Å². The third kappa shape index (κ3) is 4.50. The van der Waals surface area contributed by atoms with E-state index in [1.54, 1.807) is 0 Å². The Morgan fingerprint density at radius 1 is 1.21 bits per heavy atom. The zero-order chi connectivity index (χ0) is 10.6. The van der Waals surface area contributed by atoms with E-state index in [1.165, 1.54) is 30.3 Å². The van der Waals surface area contributed by atoms with Gasteiger partial charge in [-0.05, 0) is 30.2 Å². The Hall–Kier alpha value is -0.715. The van der Waals surface area contributed by atoms with Crippen molar-refractivity contribution in [3.8, 4) is 0 Å². The van der Waals surface area contributed by atoms with Gasteiger partial charge < -0.3 is 0 Å². The monoisotopic (exact) mass is 188 g/mol. The molecular formula is C13H21B. The molecule has 0 aromatic heterocycles. The zero-order valence-corrected chi connectivity index (χ0v) is 9.93. The molecule has 0 atom stereocenters. The minimum absolute atomic E-state index is 0.476. The molecule has 76 valence electrons. The van der Waals surface area contributed by atoms with Crippen molar-refractivity contribution in [3.05, 3.63) is 29.8 Å². The molecule has 0 saturated carbocycles. The van der Waals surface area contributed by atoms with Gasteiger partial charge in [0.05, 0.1) is 0 Å². The predicted octanol–water partition coefficient (Wildman–Crippen LogP) is 2.31. The Morgan fingerprint density at radius 3 is 2.50 bits per heavy atom. The van der Waals surface area contributed by atoms with Crippen LogP contribution in [0.25, 0.3) is 0 Å². The number of benzene rings is 1. The molecule has 0 radical (unpaired) electrons. The molecule has 1 aromatic rings. The zero-order valence-electron chi connectivity index (χ0n) is 9.93. The molecule has 0 spiro atoms. The highest BCUT2D eigenvalue weighted by Gasteiger charge is 2.08. The molecule has 1 heteroatoms. The largest absolute Gasteiger partial charge is 0.139 e. The van der Waals surface area contributed by atoms with Gasteiger partial charge in [0.15, 0.2) is 0 Å². The van der Waals surface area contributed by atoms with Crippen LogP contribution in [0.4, 0.5) is 0 Å². The van der Waals surface area contributed by atoms with E-state index in [1.807, 2.05) is 0 Å². The Kier molecular flexibility index (Phi) is 3.80. The summed E-state index contributed by atoms with van der Waals surface area (Å²) in [6.45, 7) is 6.93. The first-order chi connectivity index (χ1) is 6.47. The third-order valence-corrected chi connectivity index (χ3v) is 2.47. The normalized spacial score (nSPS) is 11.6. The van der Waals surface area contributed by atoms with Gasteiger partial charge >= 0.3 is 0 Å². The van der Waals surface area contributed by atoms with Crippen molar-refractivity contribution in [1.29, 1.82) is 0 Å². The van der Waals surface area contributed by atoms with Crippen LogP contribution in [0, 0.1) is 5.41 Å². The minimum Gasteiger partial charge on any atom is -0.0887 e. The Bertz CT molecular complexity index is 284. The van der Waals surface area contributed by atoms with Crippen LogP contribution in [0.1, 0.15) is 39.2 Å². The van der Waals surface area contributed by atoms with Gasteiger partial charge in [0, 0.05) is 0 Å². The van der Waals surface area contributed by atoms with E-state index >= 15 is 0 Å². The van der Waals surface area contributed by atoms with E-state index in [4.69, 9.17) is 0 Å². The van der Waals surface area contributed by atoms with Gasteiger partial charge in [-0.15, -0.1) is 0 Å². The molecule has 0 fully saturated rings. The third-order valence-electron chi connectivity index (χ3n) is 2.47. The van der Waals surface area contributed by atoms with Crippen LogP contribution in [0.15, 0.2) is 24.3 Å². The van der Waals surface area contributed by atoms with Gasteiger partial charge in [0.2, 0.25) is 0 Å². The molecule has 1 aromatic carbocycles. The molecule has 0 aliphatic heterocycles. The van der Waals surface area contributed by atoms with Gasteiger partial charge in [-0.1, -0.05) is 50.5 Å². The van der Waals surface area contributed by atoms with Crippen LogP contribution >= 0.6 is 0 Å². The molecule has 0 N–H and O–H groups in total. The molecule has 0 aliphatic rings. The van der Waals surface area contributed by atoms with Gasteiger partial charge in [0.1, 0.15) is 7.85 Å². The molecule has 0 nitrogen and oxygen atoms in total. The Balaban J connectivity index is 2.39. The van der Waals surface area contributed by atoms with E-state index in [0.29, 0.717) is 5.41 Å². The highest BCUT2D eigenvalue weighted by Crippen LogP contribution is 2.21. The Labute approximate surface area is 89.1 Å². The second kappa shape index (κ2) is 4.68. The van der Waals surface area contributed by atoms with E-state index < -0.39 is 0 Å². The molecule has 0 saturated heterocycles. The van der Waals surface area contributed by atoms with Crippen molar-refractivity contribution in [2.24, 2.45) is 5.41 Å². The first-order valence-electron chi connectivity index (χ1n) is 5.53. The van der Waals surface area contributed by atoms with Gasteiger partial charge in [-0.3, -0.25) is 0 Å². The number of rotatable bonds is 3. The quantitative estimate of drug-likeness (QED) is 0.638. The lowest BCUT2D eigenvalue weighted by molar-refractivity contribution is 0.365. The van der Waals surface area contributed by atoms with Crippen LogP contribution in [0.3, 0.4) is 0 Å².